The molecule has 5 rings (SSSR count). The average Bonchev–Trinajstić information content (AvgIpc) is 3.28. The second kappa shape index (κ2) is 7.10. The number of ether oxygens (including phenoxy) is 3. The highest BCUT2D eigenvalue weighted by molar-refractivity contribution is 5.92. The molecule has 1 atom stereocenters. The fourth-order valence-electron chi connectivity index (χ4n) is 3.30. The molecule has 9 nitrogen and oxygen atoms in total. The summed E-state index contributed by atoms with van der Waals surface area (Å²) >= 11 is 0. The minimum Gasteiger partial charge on any atom is -0.473 e. The molecule has 1 unspecified atom stereocenters. The van der Waals surface area contributed by atoms with Gasteiger partial charge in [0, 0.05) is 18.9 Å². The molecular formula is C19H20N6O3. The van der Waals surface area contributed by atoms with Gasteiger partial charge in [-0.1, -0.05) is 0 Å². The zero-order valence-electron chi connectivity index (χ0n) is 15.4. The van der Waals surface area contributed by atoms with E-state index in [9.17, 15) is 0 Å². The van der Waals surface area contributed by atoms with Crippen LogP contribution in [0.15, 0.2) is 36.5 Å². The molecule has 4 heterocycles. The lowest BCUT2D eigenvalue weighted by atomic mass is 10.2. The van der Waals surface area contributed by atoms with E-state index in [0.29, 0.717) is 38.0 Å². The monoisotopic (exact) mass is 380 g/mol. The summed E-state index contributed by atoms with van der Waals surface area (Å²) in [6.07, 6.45) is 1.66. The lowest BCUT2D eigenvalue weighted by molar-refractivity contribution is -0.101. The van der Waals surface area contributed by atoms with Crippen molar-refractivity contribution in [2.45, 2.75) is 6.10 Å². The Hall–Kier alpha value is -3.17. The van der Waals surface area contributed by atoms with Crippen molar-refractivity contribution in [2.24, 2.45) is 7.05 Å². The zero-order valence-corrected chi connectivity index (χ0v) is 15.4. The van der Waals surface area contributed by atoms with Crippen molar-refractivity contribution < 1.29 is 14.2 Å². The van der Waals surface area contributed by atoms with Gasteiger partial charge in [0.1, 0.15) is 18.5 Å². The number of nitrogens with one attached hydrogen (secondary N) is 2. The molecule has 0 bridgehead atoms. The molecule has 1 fully saturated rings. The first-order valence-corrected chi connectivity index (χ1v) is 9.13. The van der Waals surface area contributed by atoms with Crippen LogP contribution in [0.4, 0.5) is 11.5 Å². The van der Waals surface area contributed by atoms with Crippen molar-refractivity contribution in [2.75, 3.05) is 31.7 Å². The highest BCUT2D eigenvalue weighted by Crippen LogP contribution is 2.29. The Labute approximate surface area is 160 Å². The van der Waals surface area contributed by atoms with Crippen LogP contribution >= 0.6 is 0 Å². The number of aryl methyl sites for hydroxylation is 1. The number of H-pyrrole nitrogens is 1. The number of hydrogen-bond donors (Lipinski definition) is 2. The van der Waals surface area contributed by atoms with Crippen LogP contribution in [-0.4, -0.2) is 57.5 Å². The van der Waals surface area contributed by atoms with Crippen LogP contribution in [0, 0.1) is 0 Å². The SMILES string of the molecule is Cn1nc(OCC2COCCO2)c2ccc(Nc3[nH]nc4ncccc34)cc21. The van der Waals surface area contributed by atoms with E-state index in [2.05, 4.69) is 25.6 Å². The van der Waals surface area contributed by atoms with E-state index in [4.69, 9.17) is 14.2 Å². The third kappa shape index (κ3) is 3.14. The normalized spacial score (nSPS) is 17.2. The molecule has 9 heteroatoms. The van der Waals surface area contributed by atoms with Gasteiger partial charge in [0.2, 0.25) is 5.88 Å². The van der Waals surface area contributed by atoms with Crippen LogP contribution in [0.2, 0.25) is 0 Å². The molecule has 1 aromatic carbocycles. The molecule has 0 radical (unpaired) electrons. The van der Waals surface area contributed by atoms with Crippen LogP contribution in [-0.2, 0) is 16.5 Å². The smallest absolute Gasteiger partial charge is 0.240 e. The zero-order chi connectivity index (χ0) is 18.9. The predicted molar refractivity (Wildman–Crippen MR) is 104 cm³/mol. The highest BCUT2D eigenvalue weighted by Gasteiger charge is 2.17. The highest BCUT2D eigenvalue weighted by atomic mass is 16.6. The summed E-state index contributed by atoms with van der Waals surface area (Å²) in [5, 5.41) is 16.9. The first-order valence-electron chi connectivity index (χ1n) is 9.13. The molecule has 1 aliphatic rings. The summed E-state index contributed by atoms with van der Waals surface area (Å²) in [7, 11) is 1.90. The molecule has 4 aromatic rings. The number of fused-ring (bicyclic) bond motifs is 2. The summed E-state index contributed by atoms with van der Waals surface area (Å²) in [5.74, 6) is 1.39. The van der Waals surface area contributed by atoms with E-state index in [0.717, 1.165) is 27.8 Å². The maximum atomic E-state index is 5.90. The Bertz CT molecular complexity index is 1120. The Morgan fingerprint density at radius 3 is 3.14 bits per heavy atom. The van der Waals surface area contributed by atoms with E-state index < -0.39 is 0 Å². The van der Waals surface area contributed by atoms with Crippen LogP contribution in [0.5, 0.6) is 5.88 Å². The van der Waals surface area contributed by atoms with Gasteiger partial charge in [-0.15, -0.1) is 5.10 Å². The first-order chi connectivity index (χ1) is 13.8. The molecule has 144 valence electrons. The summed E-state index contributed by atoms with van der Waals surface area (Å²) in [6.45, 7) is 2.20. The second-order valence-electron chi connectivity index (χ2n) is 6.64. The third-order valence-corrected chi connectivity index (χ3v) is 4.71. The molecular weight excluding hydrogens is 360 g/mol. The number of rotatable bonds is 5. The average molecular weight is 380 g/mol. The Morgan fingerprint density at radius 2 is 2.25 bits per heavy atom. The van der Waals surface area contributed by atoms with Gasteiger partial charge >= 0.3 is 0 Å². The van der Waals surface area contributed by atoms with E-state index in [-0.39, 0.29) is 6.10 Å². The van der Waals surface area contributed by atoms with Gasteiger partial charge in [-0.05, 0) is 30.3 Å². The number of pyridine rings is 1. The molecule has 0 amide bonds. The van der Waals surface area contributed by atoms with Gasteiger partial charge in [-0.3, -0.25) is 9.78 Å². The van der Waals surface area contributed by atoms with Crippen LogP contribution in [0.1, 0.15) is 0 Å². The Kier molecular flexibility index (Phi) is 4.30. The largest absolute Gasteiger partial charge is 0.473 e. The summed E-state index contributed by atoms with van der Waals surface area (Å²) in [4.78, 5) is 4.24. The number of aromatic amines is 1. The molecule has 1 saturated heterocycles. The maximum absolute atomic E-state index is 5.90. The van der Waals surface area contributed by atoms with E-state index in [1.54, 1.807) is 10.9 Å². The first kappa shape index (κ1) is 17.0. The maximum Gasteiger partial charge on any atom is 0.240 e. The minimum atomic E-state index is -0.0611. The van der Waals surface area contributed by atoms with Crippen LogP contribution < -0.4 is 10.1 Å². The lowest BCUT2D eigenvalue weighted by Crippen LogP contribution is -2.33. The predicted octanol–water partition coefficient (Wildman–Crippen LogP) is 2.38. The Morgan fingerprint density at radius 1 is 1.29 bits per heavy atom. The van der Waals surface area contributed by atoms with E-state index in [1.807, 2.05) is 37.4 Å². The number of benzene rings is 1. The molecule has 0 spiro atoms. The molecule has 2 N–H and O–H groups in total. The lowest BCUT2D eigenvalue weighted by Gasteiger charge is -2.22. The Balaban J connectivity index is 1.38. The van der Waals surface area contributed by atoms with Crippen molar-refractivity contribution >= 4 is 33.4 Å². The fourth-order valence-corrected chi connectivity index (χ4v) is 3.30. The van der Waals surface area contributed by atoms with E-state index >= 15 is 0 Å². The van der Waals surface area contributed by atoms with Crippen molar-refractivity contribution in [3.63, 3.8) is 0 Å². The molecule has 0 aliphatic carbocycles. The van der Waals surface area contributed by atoms with Crippen molar-refractivity contribution in [3.05, 3.63) is 36.5 Å². The van der Waals surface area contributed by atoms with Gasteiger partial charge in [-0.2, -0.15) is 5.10 Å². The van der Waals surface area contributed by atoms with Crippen LogP contribution in [0.25, 0.3) is 21.9 Å². The molecule has 3 aromatic heterocycles. The molecule has 28 heavy (non-hydrogen) atoms. The fraction of sp³-hybridized carbons (Fsp3) is 0.316. The van der Waals surface area contributed by atoms with Crippen molar-refractivity contribution in [1.29, 1.82) is 0 Å². The van der Waals surface area contributed by atoms with Crippen molar-refractivity contribution in [3.8, 4) is 5.88 Å². The standard InChI is InChI=1S/C19H20N6O3/c1-25-16-9-12(21-18-15-3-2-6-20-17(15)22-23-18)4-5-14(16)19(24-25)28-11-13-10-26-7-8-27-13/h2-6,9,13H,7-8,10-11H2,1H3,(H2,20,21,22,23). The number of hydrogen-bond acceptors (Lipinski definition) is 7. The summed E-state index contributed by atoms with van der Waals surface area (Å²) < 4.78 is 18.7. The summed E-state index contributed by atoms with van der Waals surface area (Å²) in [6, 6.07) is 9.87. The molecule has 0 saturated carbocycles. The third-order valence-electron chi connectivity index (χ3n) is 4.71. The number of nitrogens with zero attached hydrogens (tertiary/aromatic N) is 4. The van der Waals surface area contributed by atoms with Gasteiger partial charge in [0.05, 0.1) is 36.1 Å². The second-order valence-corrected chi connectivity index (χ2v) is 6.64. The molecule has 1 aliphatic heterocycles. The number of aromatic nitrogens is 5. The van der Waals surface area contributed by atoms with Crippen molar-refractivity contribution in [1.82, 2.24) is 25.0 Å². The number of anilines is 2. The van der Waals surface area contributed by atoms with Crippen LogP contribution in [0.3, 0.4) is 0 Å². The van der Waals surface area contributed by atoms with Gasteiger partial charge in [-0.25, -0.2) is 4.98 Å². The van der Waals surface area contributed by atoms with E-state index in [1.165, 1.54) is 0 Å². The minimum absolute atomic E-state index is 0.0611. The van der Waals surface area contributed by atoms with Gasteiger partial charge in [0.15, 0.2) is 5.65 Å². The summed E-state index contributed by atoms with van der Waals surface area (Å²) in [5.41, 5.74) is 2.56. The topological polar surface area (TPSA) is 99.1 Å². The van der Waals surface area contributed by atoms with Gasteiger partial charge in [0.25, 0.3) is 0 Å². The van der Waals surface area contributed by atoms with Gasteiger partial charge < -0.3 is 19.5 Å². The quantitative estimate of drug-likeness (QED) is 0.548.